The topological polar surface area (TPSA) is 107 Å². The van der Waals surface area contributed by atoms with Crippen LogP contribution in [0.1, 0.15) is 10.6 Å². The molecule has 1 amide bonds. The number of methoxy groups -OCH3 is 1. The van der Waals surface area contributed by atoms with Crippen LogP contribution in [0, 0.1) is 10.1 Å². The monoisotopic (exact) mass is 501 g/mol. The maximum Gasteiger partial charge on any atom is 0.291 e. The maximum absolute atomic E-state index is 12.7. The van der Waals surface area contributed by atoms with Crippen molar-refractivity contribution in [2.75, 3.05) is 43.6 Å². The summed E-state index contributed by atoms with van der Waals surface area (Å²) >= 11 is 3.57. The smallest absolute Gasteiger partial charge is 0.291 e. The highest BCUT2D eigenvalue weighted by Gasteiger charge is 2.21. The van der Waals surface area contributed by atoms with Gasteiger partial charge in [-0.15, -0.1) is 0 Å². The number of hydrogen-bond donors (Lipinski definition) is 1. The van der Waals surface area contributed by atoms with Crippen LogP contribution >= 0.6 is 15.9 Å². The van der Waals surface area contributed by atoms with Crippen LogP contribution in [0.4, 0.5) is 17.1 Å². The van der Waals surface area contributed by atoms with Gasteiger partial charge in [-0.2, -0.15) is 0 Å². The number of ether oxygens (including phenoxy) is 2. The standard InChI is InChI=1S/C22H20BrN3O6/c1-30-15-3-4-16(19(13-15)26(28)29)20-6-7-21(32-20)22(27)24-14-2-5-18(17(23)12-14)25-8-10-31-11-9-25/h2-7,12-13H,8-11H2,1H3,(H,24,27). The molecule has 3 aromatic rings. The SMILES string of the molecule is COc1ccc(-c2ccc(C(=O)Nc3ccc(N4CCOCC4)c(Br)c3)o2)c([N+](=O)[O-])c1. The van der Waals surface area contributed by atoms with Crippen LogP contribution in [0.5, 0.6) is 5.75 Å². The normalized spacial score (nSPS) is 13.6. The second-order valence-corrected chi connectivity index (χ2v) is 7.88. The van der Waals surface area contributed by atoms with E-state index < -0.39 is 10.8 Å². The van der Waals surface area contributed by atoms with E-state index in [1.54, 1.807) is 6.07 Å². The van der Waals surface area contributed by atoms with Gasteiger partial charge in [0.2, 0.25) is 0 Å². The molecule has 1 aliphatic heterocycles. The van der Waals surface area contributed by atoms with Crippen LogP contribution in [0.2, 0.25) is 0 Å². The van der Waals surface area contributed by atoms with Crippen LogP contribution in [0.15, 0.2) is 57.4 Å². The lowest BCUT2D eigenvalue weighted by Gasteiger charge is -2.29. The molecule has 1 saturated heterocycles. The van der Waals surface area contributed by atoms with Gasteiger partial charge in [-0.1, -0.05) is 0 Å². The Morgan fingerprint density at radius 3 is 2.62 bits per heavy atom. The number of carbonyl (C=O) groups excluding carboxylic acids is 1. The second-order valence-electron chi connectivity index (χ2n) is 7.02. The number of nitrogens with zero attached hydrogens (tertiary/aromatic N) is 2. The first-order valence-corrected chi connectivity index (χ1v) is 10.6. The Morgan fingerprint density at radius 2 is 1.94 bits per heavy atom. The molecule has 2 heterocycles. The van der Waals surface area contributed by atoms with Crippen molar-refractivity contribution in [3.8, 4) is 17.1 Å². The van der Waals surface area contributed by atoms with Gasteiger partial charge < -0.3 is 24.1 Å². The van der Waals surface area contributed by atoms with Crippen LogP contribution in [0.25, 0.3) is 11.3 Å². The van der Waals surface area contributed by atoms with Gasteiger partial charge in [0.05, 0.1) is 42.6 Å². The summed E-state index contributed by atoms with van der Waals surface area (Å²) in [7, 11) is 1.43. The molecule has 4 rings (SSSR count). The fourth-order valence-corrected chi connectivity index (χ4v) is 4.07. The van der Waals surface area contributed by atoms with Crippen molar-refractivity contribution in [1.82, 2.24) is 0 Å². The Morgan fingerprint density at radius 1 is 1.16 bits per heavy atom. The first-order valence-electron chi connectivity index (χ1n) is 9.82. The molecule has 0 atom stereocenters. The van der Waals surface area contributed by atoms with Crippen LogP contribution < -0.4 is 15.0 Å². The van der Waals surface area contributed by atoms with Gasteiger partial charge in [0, 0.05) is 23.2 Å². The molecule has 1 aromatic heterocycles. The molecule has 1 N–H and O–H groups in total. The number of carbonyl (C=O) groups is 1. The zero-order chi connectivity index (χ0) is 22.7. The quantitative estimate of drug-likeness (QED) is 0.384. The third-order valence-corrected chi connectivity index (χ3v) is 5.69. The van der Waals surface area contributed by atoms with E-state index in [0.717, 1.165) is 23.2 Å². The summed E-state index contributed by atoms with van der Waals surface area (Å²) in [6, 6.07) is 13.0. The minimum atomic E-state index is -0.520. The summed E-state index contributed by atoms with van der Waals surface area (Å²) in [4.78, 5) is 25.8. The fraction of sp³-hybridized carbons (Fsp3) is 0.227. The Balaban J connectivity index is 1.51. The zero-order valence-corrected chi connectivity index (χ0v) is 18.8. The van der Waals surface area contributed by atoms with E-state index in [0.29, 0.717) is 24.7 Å². The van der Waals surface area contributed by atoms with Gasteiger partial charge in [0.25, 0.3) is 11.6 Å². The summed E-state index contributed by atoms with van der Waals surface area (Å²) in [5, 5.41) is 14.2. The predicted molar refractivity (Wildman–Crippen MR) is 122 cm³/mol. The lowest BCUT2D eigenvalue weighted by Crippen LogP contribution is -2.36. The molecule has 10 heteroatoms. The molecule has 9 nitrogen and oxygen atoms in total. The van der Waals surface area contributed by atoms with E-state index in [1.807, 2.05) is 18.2 Å². The fourth-order valence-electron chi connectivity index (χ4n) is 3.44. The molecule has 0 bridgehead atoms. The summed E-state index contributed by atoms with van der Waals surface area (Å²) < 4.78 is 16.9. The van der Waals surface area contributed by atoms with Crippen LogP contribution in [-0.2, 0) is 4.74 Å². The van der Waals surface area contributed by atoms with Crippen molar-refractivity contribution in [1.29, 1.82) is 0 Å². The molecule has 0 radical (unpaired) electrons. The number of anilines is 2. The number of benzene rings is 2. The minimum absolute atomic E-state index is 0.0403. The summed E-state index contributed by atoms with van der Waals surface area (Å²) in [6.07, 6.45) is 0. The van der Waals surface area contributed by atoms with Crippen molar-refractivity contribution in [3.63, 3.8) is 0 Å². The summed E-state index contributed by atoms with van der Waals surface area (Å²) in [5.74, 6) is 0.154. The van der Waals surface area contributed by atoms with E-state index >= 15 is 0 Å². The lowest BCUT2D eigenvalue weighted by atomic mass is 10.1. The molecular formula is C22H20BrN3O6. The molecule has 1 aliphatic rings. The lowest BCUT2D eigenvalue weighted by molar-refractivity contribution is -0.384. The molecule has 0 aliphatic carbocycles. The van der Waals surface area contributed by atoms with Gasteiger partial charge >= 0.3 is 0 Å². The summed E-state index contributed by atoms with van der Waals surface area (Å²) in [5.41, 5.74) is 1.70. The molecule has 0 saturated carbocycles. The van der Waals surface area contributed by atoms with Crippen molar-refractivity contribution < 1.29 is 23.6 Å². The van der Waals surface area contributed by atoms with E-state index in [4.69, 9.17) is 13.9 Å². The van der Waals surface area contributed by atoms with Gasteiger partial charge in [-0.25, -0.2) is 0 Å². The first-order chi connectivity index (χ1) is 15.5. The van der Waals surface area contributed by atoms with Crippen molar-refractivity contribution in [2.45, 2.75) is 0 Å². The number of hydrogen-bond acceptors (Lipinski definition) is 7. The number of furan rings is 1. The van der Waals surface area contributed by atoms with Crippen molar-refractivity contribution in [3.05, 3.63) is 68.9 Å². The number of nitrogens with one attached hydrogen (secondary N) is 1. The number of nitro benzene ring substituents is 1. The van der Waals surface area contributed by atoms with Gasteiger partial charge in [0.15, 0.2) is 5.76 Å². The Labute approximate surface area is 192 Å². The molecule has 1 fully saturated rings. The third kappa shape index (κ3) is 4.61. The molecular weight excluding hydrogens is 482 g/mol. The average molecular weight is 502 g/mol. The van der Waals surface area contributed by atoms with E-state index in [9.17, 15) is 14.9 Å². The highest BCUT2D eigenvalue weighted by atomic mass is 79.9. The molecule has 166 valence electrons. The molecule has 0 spiro atoms. The van der Waals surface area contributed by atoms with Gasteiger partial charge in [0.1, 0.15) is 11.5 Å². The van der Waals surface area contributed by atoms with Crippen LogP contribution in [0.3, 0.4) is 0 Å². The Kier molecular flexibility index (Phi) is 6.42. The number of amides is 1. The van der Waals surface area contributed by atoms with E-state index in [-0.39, 0.29) is 22.8 Å². The number of morpholine rings is 1. The largest absolute Gasteiger partial charge is 0.497 e. The predicted octanol–water partition coefficient (Wildman–Crippen LogP) is 4.71. The minimum Gasteiger partial charge on any atom is -0.497 e. The third-order valence-electron chi connectivity index (χ3n) is 5.05. The summed E-state index contributed by atoms with van der Waals surface area (Å²) in [6.45, 7) is 2.96. The van der Waals surface area contributed by atoms with E-state index in [1.165, 1.54) is 31.4 Å². The van der Waals surface area contributed by atoms with E-state index in [2.05, 4.69) is 26.1 Å². The number of rotatable bonds is 6. The molecule has 0 unspecified atom stereocenters. The number of nitro groups is 1. The van der Waals surface area contributed by atoms with Crippen molar-refractivity contribution >= 4 is 38.9 Å². The zero-order valence-electron chi connectivity index (χ0n) is 17.2. The molecule has 32 heavy (non-hydrogen) atoms. The van der Waals surface area contributed by atoms with Gasteiger partial charge in [-0.05, 0) is 58.4 Å². The Hall–Kier alpha value is -3.37. The van der Waals surface area contributed by atoms with Gasteiger partial charge in [-0.3, -0.25) is 14.9 Å². The number of halogens is 1. The average Bonchev–Trinajstić information content (AvgIpc) is 3.29. The highest BCUT2D eigenvalue weighted by Crippen LogP contribution is 2.34. The highest BCUT2D eigenvalue weighted by molar-refractivity contribution is 9.10. The second kappa shape index (κ2) is 9.41. The van der Waals surface area contributed by atoms with Crippen molar-refractivity contribution in [2.24, 2.45) is 0 Å². The van der Waals surface area contributed by atoms with Crippen LogP contribution in [-0.4, -0.2) is 44.2 Å². The first kappa shape index (κ1) is 21.8. The maximum atomic E-state index is 12.7. The molecule has 2 aromatic carbocycles. The Bertz CT molecular complexity index is 1160.